The molecule has 1 aromatic heterocycles. The molecule has 0 aliphatic carbocycles. The molecule has 2 N–H and O–H groups in total. The van der Waals surface area contributed by atoms with Gasteiger partial charge in [-0.15, -0.1) is 0 Å². The van der Waals surface area contributed by atoms with Gasteiger partial charge >= 0.3 is 0 Å². The van der Waals surface area contributed by atoms with E-state index < -0.39 is 0 Å². The van der Waals surface area contributed by atoms with Gasteiger partial charge in [-0.25, -0.2) is 0 Å². The summed E-state index contributed by atoms with van der Waals surface area (Å²) in [6.45, 7) is 7.05. The first-order chi connectivity index (χ1) is 12.9. The number of hydrogen-bond acceptors (Lipinski definition) is 4. The lowest BCUT2D eigenvalue weighted by Gasteiger charge is -2.14. The van der Waals surface area contributed by atoms with Crippen molar-refractivity contribution in [3.8, 4) is 5.75 Å². The molecule has 2 rings (SSSR count). The van der Waals surface area contributed by atoms with Crippen LogP contribution in [0.1, 0.15) is 22.5 Å². The van der Waals surface area contributed by atoms with Crippen molar-refractivity contribution in [2.75, 3.05) is 34.3 Å². The normalized spacial score (nSPS) is 11.7. The molecular formula is C20H32N6O. The molecule has 7 nitrogen and oxygen atoms in total. The summed E-state index contributed by atoms with van der Waals surface area (Å²) in [5, 5.41) is 11.2. The number of likely N-dealkylation sites (N-methyl/N-ethyl adjacent to an activating group) is 1. The van der Waals surface area contributed by atoms with Gasteiger partial charge in [-0.3, -0.25) is 9.67 Å². The Hall–Kier alpha value is -2.54. The van der Waals surface area contributed by atoms with Gasteiger partial charge in [0.15, 0.2) is 5.96 Å². The molecule has 0 aliphatic rings. The third-order valence-electron chi connectivity index (χ3n) is 4.48. The first-order valence-electron chi connectivity index (χ1n) is 9.20. The average Bonchev–Trinajstić information content (AvgIpc) is 2.87. The first kappa shape index (κ1) is 20.8. The highest BCUT2D eigenvalue weighted by atomic mass is 16.5. The lowest BCUT2D eigenvalue weighted by atomic mass is 10.2. The van der Waals surface area contributed by atoms with Crippen molar-refractivity contribution >= 4 is 5.96 Å². The van der Waals surface area contributed by atoms with Gasteiger partial charge in [0.1, 0.15) is 12.4 Å². The Labute approximate surface area is 162 Å². The second-order valence-corrected chi connectivity index (χ2v) is 6.85. The van der Waals surface area contributed by atoms with Crippen LogP contribution in [0.5, 0.6) is 5.75 Å². The molecule has 0 unspecified atom stereocenters. The standard InChI is InChI=1S/C20H32N6O/c1-15-19(16(2)26(6)24-15)14-23-20(21-3)22-13-17-8-7-9-18(12-17)27-11-10-25(4)5/h7-9,12H,10-11,13-14H2,1-6H3,(H2,21,22,23). The number of aromatic nitrogens is 2. The van der Waals surface area contributed by atoms with E-state index in [1.165, 1.54) is 5.56 Å². The topological polar surface area (TPSA) is 66.7 Å². The Balaban J connectivity index is 1.86. The van der Waals surface area contributed by atoms with Crippen molar-refractivity contribution in [3.63, 3.8) is 0 Å². The molecule has 0 bridgehead atoms. The van der Waals surface area contributed by atoms with Gasteiger partial charge in [0, 0.05) is 45.0 Å². The maximum Gasteiger partial charge on any atom is 0.191 e. The molecule has 0 amide bonds. The molecule has 27 heavy (non-hydrogen) atoms. The smallest absolute Gasteiger partial charge is 0.191 e. The fourth-order valence-corrected chi connectivity index (χ4v) is 2.74. The number of nitrogens with one attached hydrogen (secondary N) is 2. The molecule has 0 fully saturated rings. The van der Waals surface area contributed by atoms with Gasteiger partial charge in [0.2, 0.25) is 0 Å². The monoisotopic (exact) mass is 372 g/mol. The van der Waals surface area contributed by atoms with Crippen LogP contribution in [0.3, 0.4) is 0 Å². The molecule has 0 saturated heterocycles. The van der Waals surface area contributed by atoms with E-state index in [1.54, 1.807) is 7.05 Å². The van der Waals surface area contributed by atoms with E-state index in [-0.39, 0.29) is 0 Å². The summed E-state index contributed by atoms with van der Waals surface area (Å²) in [4.78, 5) is 6.41. The third kappa shape index (κ3) is 6.29. The Morgan fingerprint density at radius 2 is 1.96 bits per heavy atom. The van der Waals surface area contributed by atoms with Crippen molar-refractivity contribution in [1.29, 1.82) is 0 Å². The maximum absolute atomic E-state index is 5.80. The summed E-state index contributed by atoms with van der Waals surface area (Å²) < 4.78 is 7.71. The SMILES string of the molecule is CN=C(NCc1cccc(OCCN(C)C)c1)NCc1c(C)nn(C)c1C. The molecule has 2 aromatic rings. The maximum atomic E-state index is 5.80. The molecule has 0 spiro atoms. The van der Waals surface area contributed by atoms with Gasteiger partial charge in [0.25, 0.3) is 0 Å². The highest BCUT2D eigenvalue weighted by Crippen LogP contribution is 2.13. The Kier molecular flexibility index (Phi) is 7.67. The highest BCUT2D eigenvalue weighted by Gasteiger charge is 2.09. The van der Waals surface area contributed by atoms with E-state index in [4.69, 9.17) is 4.74 Å². The Morgan fingerprint density at radius 3 is 2.59 bits per heavy atom. The Morgan fingerprint density at radius 1 is 1.22 bits per heavy atom. The van der Waals surface area contributed by atoms with Crippen LogP contribution in [0, 0.1) is 13.8 Å². The second kappa shape index (κ2) is 9.97. The minimum Gasteiger partial charge on any atom is -0.492 e. The summed E-state index contributed by atoms with van der Waals surface area (Å²) in [5.74, 6) is 1.65. The lowest BCUT2D eigenvalue weighted by molar-refractivity contribution is 0.261. The number of guanidine groups is 1. The van der Waals surface area contributed by atoms with Crippen LogP contribution in [0.25, 0.3) is 0 Å². The quantitative estimate of drug-likeness (QED) is 0.547. The summed E-state index contributed by atoms with van der Waals surface area (Å²) in [6, 6.07) is 8.14. The minimum atomic E-state index is 0.676. The Bertz CT molecular complexity index is 766. The zero-order valence-corrected chi connectivity index (χ0v) is 17.3. The van der Waals surface area contributed by atoms with Gasteiger partial charge in [-0.1, -0.05) is 12.1 Å². The third-order valence-corrected chi connectivity index (χ3v) is 4.48. The van der Waals surface area contributed by atoms with Crippen molar-refractivity contribution in [3.05, 3.63) is 46.8 Å². The summed E-state index contributed by atoms with van der Waals surface area (Å²) in [7, 11) is 7.82. The summed E-state index contributed by atoms with van der Waals surface area (Å²) >= 11 is 0. The van der Waals surface area contributed by atoms with Crippen LogP contribution in [0.15, 0.2) is 29.3 Å². The molecule has 0 radical (unpaired) electrons. The number of aliphatic imine (C=N–C) groups is 1. The zero-order valence-electron chi connectivity index (χ0n) is 17.3. The molecule has 1 heterocycles. The molecule has 7 heteroatoms. The summed E-state index contributed by atoms with van der Waals surface area (Å²) in [5.41, 5.74) is 4.56. The van der Waals surface area contributed by atoms with Crippen LogP contribution in [-0.4, -0.2) is 54.9 Å². The second-order valence-electron chi connectivity index (χ2n) is 6.85. The van der Waals surface area contributed by atoms with E-state index in [9.17, 15) is 0 Å². The number of ether oxygens (including phenoxy) is 1. The van der Waals surface area contributed by atoms with E-state index in [0.29, 0.717) is 19.7 Å². The molecule has 0 aliphatic heterocycles. The van der Waals surface area contributed by atoms with Crippen molar-refractivity contribution in [2.24, 2.45) is 12.0 Å². The molecule has 1 aromatic carbocycles. The average molecular weight is 373 g/mol. The molecular weight excluding hydrogens is 340 g/mol. The predicted octanol–water partition coefficient (Wildman–Crippen LogP) is 1.84. The fraction of sp³-hybridized carbons (Fsp3) is 0.500. The highest BCUT2D eigenvalue weighted by molar-refractivity contribution is 5.79. The van der Waals surface area contributed by atoms with Gasteiger partial charge in [-0.2, -0.15) is 5.10 Å². The van der Waals surface area contributed by atoms with Crippen molar-refractivity contribution in [1.82, 2.24) is 25.3 Å². The number of aryl methyl sites for hydroxylation is 2. The predicted molar refractivity (Wildman–Crippen MR) is 110 cm³/mol. The zero-order chi connectivity index (χ0) is 19.8. The fourth-order valence-electron chi connectivity index (χ4n) is 2.74. The molecule has 0 saturated carbocycles. The van der Waals surface area contributed by atoms with Gasteiger partial charge in [-0.05, 0) is 45.6 Å². The van der Waals surface area contributed by atoms with Crippen molar-refractivity contribution in [2.45, 2.75) is 26.9 Å². The van der Waals surface area contributed by atoms with Gasteiger partial charge < -0.3 is 20.3 Å². The van der Waals surface area contributed by atoms with Gasteiger partial charge in [0.05, 0.1) is 5.69 Å². The lowest BCUT2D eigenvalue weighted by Crippen LogP contribution is -2.36. The van der Waals surface area contributed by atoms with E-state index in [2.05, 4.69) is 44.7 Å². The van der Waals surface area contributed by atoms with E-state index in [1.807, 2.05) is 44.9 Å². The van der Waals surface area contributed by atoms with Crippen molar-refractivity contribution < 1.29 is 4.74 Å². The summed E-state index contributed by atoms with van der Waals surface area (Å²) in [6.07, 6.45) is 0. The largest absolute Gasteiger partial charge is 0.492 e. The first-order valence-corrected chi connectivity index (χ1v) is 9.20. The van der Waals surface area contributed by atoms with E-state index in [0.717, 1.165) is 35.2 Å². The number of rotatable bonds is 8. The number of benzene rings is 1. The van der Waals surface area contributed by atoms with E-state index >= 15 is 0 Å². The van der Waals surface area contributed by atoms with Crippen LogP contribution in [0.4, 0.5) is 0 Å². The molecule has 148 valence electrons. The van der Waals surface area contributed by atoms with Crippen LogP contribution >= 0.6 is 0 Å². The van der Waals surface area contributed by atoms with Crippen LogP contribution in [-0.2, 0) is 20.1 Å². The number of nitrogens with zero attached hydrogens (tertiary/aromatic N) is 4. The minimum absolute atomic E-state index is 0.676. The van der Waals surface area contributed by atoms with Crippen LogP contribution < -0.4 is 15.4 Å². The molecule has 0 atom stereocenters. The van der Waals surface area contributed by atoms with Crippen LogP contribution in [0.2, 0.25) is 0 Å². The number of hydrogen-bond donors (Lipinski definition) is 2.